The van der Waals surface area contributed by atoms with E-state index in [4.69, 9.17) is 26.6 Å². The van der Waals surface area contributed by atoms with E-state index in [0.29, 0.717) is 10.6 Å². The minimum Gasteiger partial charge on any atom is -0.402 e. The highest BCUT2D eigenvalue weighted by Gasteiger charge is 2.53. The molecule has 1 saturated heterocycles. The minimum absolute atomic E-state index is 0.336. The highest BCUT2D eigenvalue weighted by molar-refractivity contribution is 6.47. The number of halogens is 2. The van der Waals surface area contributed by atoms with Crippen molar-refractivity contribution in [1.29, 1.82) is 0 Å². The van der Waals surface area contributed by atoms with Gasteiger partial charge in [0.25, 0.3) is 0 Å². The molecule has 1 aromatic carbocycles. The molecular formula is C13H18BClFNO2. The van der Waals surface area contributed by atoms with E-state index in [-0.39, 0.29) is 0 Å². The van der Waals surface area contributed by atoms with Crippen molar-refractivity contribution < 1.29 is 13.7 Å². The van der Waals surface area contributed by atoms with Gasteiger partial charge in [-0.2, -0.15) is 0 Å². The van der Waals surface area contributed by atoms with Gasteiger partial charge in [0.05, 0.1) is 17.1 Å². The summed E-state index contributed by atoms with van der Waals surface area (Å²) in [5.41, 5.74) is 5.42. The lowest BCUT2D eigenvalue weighted by molar-refractivity contribution is 0.00578. The topological polar surface area (TPSA) is 44.5 Å². The summed E-state index contributed by atoms with van der Waals surface area (Å²) in [6, 6.07) is 4.40. The smallest absolute Gasteiger partial charge is 0.402 e. The van der Waals surface area contributed by atoms with Crippen LogP contribution in [0, 0.1) is 5.82 Å². The van der Waals surface area contributed by atoms with Crippen LogP contribution in [0.3, 0.4) is 0 Å². The third-order valence-corrected chi connectivity index (χ3v) is 4.12. The van der Waals surface area contributed by atoms with Crippen LogP contribution < -0.4 is 5.73 Å². The Labute approximate surface area is 118 Å². The first-order chi connectivity index (χ1) is 8.64. The lowest BCUT2D eigenvalue weighted by atomic mass is 9.75. The Kier molecular flexibility index (Phi) is 3.69. The number of rotatable bonds is 2. The summed E-state index contributed by atoms with van der Waals surface area (Å²) in [4.78, 5) is 0. The molecule has 104 valence electrons. The quantitative estimate of drug-likeness (QED) is 0.849. The van der Waals surface area contributed by atoms with Crippen molar-refractivity contribution in [2.24, 2.45) is 5.73 Å². The van der Waals surface area contributed by atoms with Gasteiger partial charge in [-0.15, -0.1) is 0 Å². The van der Waals surface area contributed by atoms with Crippen LogP contribution in [0.2, 0.25) is 5.02 Å². The van der Waals surface area contributed by atoms with Crippen LogP contribution in [0.4, 0.5) is 4.39 Å². The first kappa shape index (κ1) is 14.8. The van der Waals surface area contributed by atoms with Gasteiger partial charge in [0.15, 0.2) is 0 Å². The molecule has 0 amide bonds. The normalized spacial score (nSPS) is 22.6. The van der Waals surface area contributed by atoms with E-state index >= 15 is 0 Å². The zero-order valence-corrected chi connectivity index (χ0v) is 12.3. The molecule has 0 saturated carbocycles. The zero-order valence-electron chi connectivity index (χ0n) is 11.5. The lowest BCUT2D eigenvalue weighted by Crippen LogP contribution is -2.41. The summed E-state index contributed by atoms with van der Waals surface area (Å²) >= 11 is 5.73. The van der Waals surface area contributed by atoms with Gasteiger partial charge in [0.1, 0.15) is 5.82 Å². The molecule has 2 N–H and O–H groups in total. The summed E-state index contributed by atoms with van der Waals surface area (Å²) in [6.45, 7) is 7.71. The van der Waals surface area contributed by atoms with Crippen molar-refractivity contribution in [3.63, 3.8) is 0 Å². The standard InChI is InChI=1S/C13H18BClFNO2/c1-12(2)13(3,4)19-14(18-12)11(17)9-6-5-8(15)7-10(9)16/h5-7,11H,17H2,1-4H3/t11-/m1/s1. The molecule has 6 heteroatoms. The molecule has 19 heavy (non-hydrogen) atoms. The molecule has 1 atom stereocenters. The predicted molar refractivity (Wildman–Crippen MR) is 74.4 cm³/mol. The van der Waals surface area contributed by atoms with Crippen LogP contribution >= 0.6 is 11.6 Å². The summed E-state index contributed by atoms with van der Waals surface area (Å²) in [5, 5.41) is 0.336. The lowest BCUT2D eigenvalue weighted by Gasteiger charge is -2.32. The Bertz CT molecular complexity index is 480. The molecule has 3 nitrogen and oxygen atoms in total. The highest BCUT2D eigenvalue weighted by Crippen LogP contribution is 2.39. The second-order valence-corrected chi connectivity index (χ2v) is 6.25. The molecule has 0 radical (unpaired) electrons. The maximum Gasteiger partial charge on any atom is 0.480 e. The van der Waals surface area contributed by atoms with Crippen LogP contribution in [0.5, 0.6) is 0 Å². The van der Waals surface area contributed by atoms with E-state index in [1.165, 1.54) is 6.07 Å². The van der Waals surface area contributed by atoms with E-state index in [2.05, 4.69) is 0 Å². The van der Waals surface area contributed by atoms with Gasteiger partial charge in [-0.05, 0) is 39.8 Å². The Morgan fingerprint density at radius 3 is 2.21 bits per heavy atom. The van der Waals surface area contributed by atoms with E-state index in [9.17, 15) is 4.39 Å². The van der Waals surface area contributed by atoms with Gasteiger partial charge in [-0.1, -0.05) is 17.7 Å². The van der Waals surface area contributed by atoms with Crippen LogP contribution in [-0.4, -0.2) is 18.3 Å². The third-order valence-electron chi connectivity index (χ3n) is 3.89. The summed E-state index contributed by atoms with van der Waals surface area (Å²) < 4.78 is 25.5. The highest BCUT2D eigenvalue weighted by atomic mass is 35.5. The van der Waals surface area contributed by atoms with E-state index in [1.54, 1.807) is 12.1 Å². The molecule has 1 aliphatic heterocycles. The Morgan fingerprint density at radius 1 is 1.21 bits per heavy atom. The van der Waals surface area contributed by atoms with E-state index in [1.807, 2.05) is 27.7 Å². The average molecular weight is 286 g/mol. The van der Waals surface area contributed by atoms with Gasteiger partial charge in [-0.25, -0.2) is 4.39 Å². The van der Waals surface area contributed by atoms with Crippen molar-refractivity contribution in [3.8, 4) is 0 Å². The number of hydrogen-bond donors (Lipinski definition) is 1. The molecule has 1 aromatic rings. The first-order valence-corrected chi connectivity index (χ1v) is 6.58. The molecule has 1 fully saturated rings. The fourth-order valence-corrected chi connectivity index (χ4v) is 2.11. The van der Waals surface area contributed by atoms with Gasteiger partial charge in [0.2, 0.25) is 0 Å². The van der Waals surface area contributed by atoms with Crippen LogP contribution in [0.15, 0.2) is 18.2 Å². The second kappa shape index (κ2) is 4.74. The predicted octanol–water partition coefficient (Wildman–Crippen LogP) is 3.11. The van der Waals surface area contributed by atoms with Crippen molar-refractivity contribution in [1.82, 2.24) is 0 Å². The molecule has 2 rings (SSSR count). The third kappa shape index (κ3) is 2.65. The Morgan fingerprint density at radius 2 is 1.74 bits per heavy atom. The van der Waals surface area contributed by atoms with Crippen molar-refractivity contribution in [2.75, 3.05) is 0 Å². The maximum atomic E-state index is 13.9. The number of hydrogen-bond acceptors (Lipinski definition) is 3. The van der Waals surface area contributed by atoms with Gasteiger partial charge < -0.3 is 15.0 Å². The van der Waals surface area contributed by atoms with Gasteiger partial charge in [0, 0.05) is 10.6 Å². The number of benzene rings is 1. The minimum atomic E-state index is -0.696. The molecule has 0 bridgehead atoms. The summed E-state index contributed by atoms with van der Waals surface area (Å²) in [7, 11) is -0.680. The summed E-state index contributed by atoms with van der Waals surface area (Å²) in [5.74, 6) is -1.15. The average Bonchev–Trinajstić information content (AvgIpc) is 2.47. The first-order valence-electron chi connectivity index (χ1n) is 6.20. The fourth-order valence-electron chi connectivity index (χ4n) is 1.95. The molecular weight excluding hydrogens is 267 g/mol. The Hall–Kier alpha value is -0.615. The zero-order chi connectivity index (χ0) is 14.4. The van der Waals surface area contributed by atoms with Crippen LogP contribution in [0.25, 0.3) is 0 Å². The monoisotopic (exact) mass is 285 g/mol. The van der Waals surface area contributed by atoms with Crippen molar-refractivity contribution in [3.05, 3.63) is 34.6 Å². The van der Waals surface area contributed by atoms with Crippen molar-refractivity contribution in [2.45, 2.75) is 44.8 Å². The Balaban J connectivity index is 2.24. The maximum absolute atomic E-state index is 13.9. The largest absolute Gasteiger partial charge is 0.480 e. The van der Waals surface area contributed by atoms with Crippen LogP contribution in [-0.2, 0) is 9.31 Å². The van der Waals surface area contributed by atoms with Gasteiger partial charge >= 0.3 is 7.12 Å². The summed E-state index contributed by atoms with van der Waals surface area (Å²) in [6.07, 6.45) is 0. The number of nitrogens with two attached hydrogens (primary N) is 1. The molecule has 0 aliphatic carbocycles. The molecule has 0 unspecified atom stereocenters. The molecule has 0 aromatic heterocycles. The second-order valence-electron chi connectivity index (χ2n) is 5.82. The molecule has 1 aliphatic rings. The molecule has 0 spiro atoms. The van der Waals surface area contributed by atoms with Crippen molar-refractivity contribution >= 4 is 18.7 Å². The van der Waals surface area contributed by atoms with E-state index in [0.717, 1.165) is 0 Å². The van der Waals surface area contributed by atoms with Crippen LogP contribution in [0.1, 0.15) is 39.2 Å². The van der Waals surface area contributed by atoms with E-state index < -0.39 is 30.1 Å². The fraction of sp³-hybridized carbons (Fsp3) is 0.538. The molecule has 1 heterocycles. The SMILES string of the molecule is CC1(C)OB([C@H](N)c2ccc(Cl)cc2F)OC1(C)C. The van der Waals surface area contributed by atoms with Gasteiger partial charge in [-0.3, -0.25) is 0 Å².